The fourth-order valence-corrected chi connectivity index (χ4v) is 2.45. The number of anilines is 1. The van der Waals surface area contributed by atoms with Gasteiger partial charge in [0.15, 0.2) is 11.5 Å². The molecule has 0 spiro atoms. The van der Waals surface area contributed by atoms with E-state index in [-0.39, 0.29) is 36.4 Å². The summed E-state index contributed by atoms with van der Waals surface area (Å²) in [5.74, 6) is -1.15. The van der Waals surface area contributed by atoms with Gasteiger partial charge in [0.1, 0.15) is 13.1 Å². The van der Waals surface area contributed by atoms with E-state index in [9.17, 15) is 19.8 Å². The predicted octanol–water partition coefficient (Wildman–Crippen LogP) is 1.96. The number of benzene rings is 2. The van der Waals surface area contributed by atoms with Crippen LogP contribution in [0.2, 0.25) is 5.02 Å². The molecule has 0 aliphatic carbocycles. The summed E-state index contributed by atoms with van der Waals surface area (Å²) in [6.45, 7) is -0.319. The number of aromatic hydroxyl groups is 2. The monoisotopic (exact) mass is 359 g/mol. The maximum Gasteiger partial charge on any atom is 0.263 e. The van der Waals surface area contributed by atoms with E-state index in [4.69, 9.17) is 11.6 Å². The van der Waals surface area contributed by atoms with Crippen molar-refractivity contribution in [3.63, 3.8) is 0 Å². The maximum absolute atomic E-state index is 12.3. The average Bonchev–Trinajstić information content (AvgIpc) is 2.59. The number of amides is 2. The number of halogens is 1. The van der Waals surface area contributed by atoms with Crippen molar-refractivity contribution in [1.82, 2.24) is 5.01 Å². The molecule has 3 rings (SSSR count). The number of phenols is 2. The molecule has 0 unspecified atom stereocenters. The minimum Gasteiger partial charge on any atom is -0.504 e. The molecule has 1 saturated heterocycles. The molecule has 128 valence electrons. The van der Waals surface area contributed by atoms with Gasteiger partial charge in [-0.15, -0.1) is 0 Å². The molecule has 0 aromatic heterocycles. The van der Waals surface area contributed by atoms with E-state index < -0.39 is 0 Å². The number of piperazine rings is 1. The molecule has 1 aliphatic rings. The fraction of sp³-hybridized carbons (Fsp3) is 0.118. The Morgan fingerprint density at radius 3 is 2.36 bits per heavy atom. The van der Waals surface area contributed by atoms with E-state index in [1.54, 1.807) is 24.3 Å². The number of rotatable bonds is 3. The van der Waals surface area contributed by atoms with Crippen molar-refractivity contribution in [2.75, 3.05) is 18.0 Å². The fourth-order valence-electron chi connectivity index (χ4n) is 2.33. The molecule has 0 bridgehead atoms. The van der Waals surface area contributed by atoms with Crippen molar-refractivity contribution in [2.24, 2.45) is 5.10 Å². The molecule has 2 amide bonds. The molecule has 2 aromatic rings. The smallest absolute Gasteiger partial charge is 0.263 e. The van der Waals surface area contributed by atoms with Crippen molar-refractivity contribution < 1.29 is 19.8 Å². The molecule has 1 aliphatic heterocycles. The Hall–Kier alpha value is -3.06. The van der Waals surface area contributed by atoms with Gasteiger partial charge in [-0.2, -0.15) is 5.10 Å². The van der Waals surface area contributed by atoms with Gasteiger partial charge in [0.25, 0.3) is 5.91 Å². The highest BCUT2D eigenvalue weighted by Gasteiger charge is 2.30. The average molecular weight is 360 g/mol. The molecule has 0 atom stereocenters. The summed E-state index contributed by atoms with van der Waals surface area (Å²) in [5.41, 5.74) is 1.07. The van der Waals surface area contributed by atoms with Gasteiger partial charge < -0.3 is 15.1 Å². The molecule has 1 fully saturated rings. The Labute approximate surface area is 148 Å². The third-order valence-corrected chi connectivity index (χ3v) is 3.90. The quantitative estimate of drug-likeness (QED) is 0.647. The number of carbonyl (C=O) groups is 2. The van der Waals surface area contributed by atoms with Gasteiger partial charge in [0.05, 0.1) is 6.21 Å². The highest BCUT2D eigenvalue weighted by Crippen LogP contribution is 2.24. The summed E-state index contributed by atoms with van der Waals surface area (Å²) in [6, 6.07) is 10.8. The molecule has 2 aromatic carbocycles. The first-order chi connectivity index (χ1) is 11.9. The topological polar surface area (TPSA) is 93.4 Å². The minimum absolute atomic E-state index is 0.126. The number of hydrogen-bond acceptors (Lipinski definition) is 5. The highest BCUT2D eigenvalue weighted by atomic mass is 35.5. The Morgan fingerprint density at radius 1 is 0.960 bits per heavy atom. The van der Waals surface area contributed by atoms with Crippen LogP contribution in [0.1, 0.15) is 5.56 Å². The van der Waals surface area contributed by atoms with Gasteiger partial charge in [-0.3, -0.25) is 9.59 Å². The molecule has 0 saturated carbocycles. The summed E-state index contributed by atoms with van der Waals surface area (Å²) in [5, 5.41) is 24.3. The number of hydrogen-bond donors (Lipinski definition) is 2. The van der Waals surface area contributed by atoms with E-state index in [2.05, 4.69) is 5.10 Å². The maximum atomic E-state index is 12.3. The Balaban J connectivity index is 1.72. The summed E-state index contributed by atoms with van der Waals surface area (Å²) in [6.07, 6.45) is 1.34. The number of hydrazone groups is 1. The van der Waals surface area contributed by atoms with E-state index >= 15 is 0 Å². The first-order valence-corrected chi connectivity index (χ1v) is 7.74. The summed E-state index contributed by atoms with van der Waals surface area (Å²) in [4.78, 5) is 25.9. The van der Waals surface area contributed by atoms with Crippen LogP contribution < -0.4 is 4.90 Å². The van der Waals surface area contributed by atoms with E-state index in [0.717, 1.165) is 5.01 Å². The van der Waals surface area contributed by atoms with Crippen molar-refractivity contribution >= 4 is 35.3 Å². The lowest BCUT2D eigenvalue weighted by Crippen LogP contribution is -2.52. The first-order valence-electron chi connectivity index (χ1n) is 7.36. The molecular formula is C17H14ClN3O4. The first kappa shape index (κ1) is 16.8. The number of phenolic OH excluding ortho intramolecular Hbond substituents is 2. The van der Waals surface area contributed by atoms with E-state index in [0.29, 0.717) is 16.3 Å². The molecule has 7 nitrogen and oxygen atoms in total. The number of carbonyl (C=O) groups excluding carboxylic acids is 2. The second-order valence-electron chi connectivity index (χ2n) is 5.40. The van der Waals surface area contributed by atoms with Gasteiger partial charge in [0, 0.05) is 10.7 Å². The van der Waals surface area contributed by atoms with Crippen LogP contribution in [0, 0.1) is 0 Å². The molecule has 8 heteroatoms. The van der Waals surface area contributed by atoms with Crippen LogP contribution in [0.4, 0.5) is 5.69 Å². The van der Waals surface area contributed by atoms with Crippen LogP contribution in [0.3, 0.4) is 0 Å². The summed E-state index contributed by atoms with van der Waals surface area (Å²) in [7, 11) is 0. The predicted molar refractivity (Wildman–Crippen MR) is 92.9 cm³/mol. The Bertz CT molecular complexity index is 851. The standard InChI is InChI=1S/C17H14ClN3O4/c18-12-2-4-13(5-3-12)20-9-17(25)21(10-16(20)24)19-8-11-1-6-14(22)15(23)7-11/h1-8,22-23H,9-10H2/b19-8+. The molecule has 25 heavy (non-hydrogen) atoms. The van der Waals surface area contributed by atoms with Gasteiger partial charge in [-0.1, -0.05) is 11.6 Å². The second kappa shape index (κ2) is 6.82. The van der Waals surface area contributed by atoms with Crippen molar-refractivity contribution in [3.05, 3.63) is 53.1 Å². The van der Waals surface area contributed by atoms with Gasteiger partial charge >= 0.3 is 0 Å². The summed E-state index contributed by atoms with van der Waals surface area (Å²) >= 11 is 5.83. The zero-order valence-corrected chi connectivity index (χ0v) is 13.7. The lowest BCUT2D eigenvalue weighted by atomic mass is 10.2. The molecule has 0 radical (unpaired) electrons. The second-order valence-corrected chi connectivity index (χ2v) is 5.84. The Kier molecular flexibility index (Phi) is 4.58. The van der Waals surface area contributed by atoms with E-state index in [1.807, 2.05) is 0 Å². The largest absolute Gasteiger partial charge is 0.504 e. The van der Waals surface area contributed by atoms with Crippen molar-refractivity contribution in [1.29, 1.82) is 0 Å². The van der Waals surface area contributed by atoms with Crippen LogP contribution in [-0.2, 0) is 9.59 Å². The Morgan fingerprint density at radius 2 is 1.68 bits per heavy atom. The third-order valence-electron chi connectivity index (χ3n) is 3.65. The zero-order chi connectivity index (χ0) is 18.0. The van der Waals surface area contributed by atoms with Crippen LogP contribution in [0.25, 0.3) is 0 Å². The molecule has 1 heterocycles. The van der Waals surface area contributed by atoms with Gasteiger partial charge in [-0.25, -0.2) is 5.01 Å². The van der Waals surface area contributed by atoms with Crippen LogP contribution >= 0.6 is 11.6 Å². The van der Waals surface area contributed by atoms with Crippen molar-refractivity contribution in [2.45, 2.75) is 0 Å². The SMILES string of the molecule is O=C1CN(c2ccc(Cl)cc2)C(=O)CN1/N=C/c1ccc(O)c(O)c1. The summed E-state index contributed by atoms with van der Waals surface area (Å²) < 4.78 is 0. The highest BCUT2D eigenvalue weighted by molar-refractivity contribution is 6.30. The van der Waals surface area contributed by atoms with E-state index in [1.165, 1.54) is 29.3 Å². The zero-order valence-electron chi connectivity index (χ0n) is 13.0. The number of nitrogens with zero attached hydrogens (tertiary/aromatic N) is 3. The lowest BCUT2D eigenvalue weighted by molar-refractivity contribution is -0.138. The van der Waals surface area contributed by atoms with Gasteiger partial charge in [0.2, 0.25) is 5.91 Å². The van der Waals surface area contributed by atoms with Crippen LogP contribution in [-0.4, -0.2) is 46.3 Å². The van der Waals surface area contributed by atoms with Crippen molar-refractivity contribution in [3.8, 4) is 11.5 Å². The molecule has 2 N–H and O–H groups in total. The van der Waals surface area contributed by atoms with Crippen LogP contribution in [0.5, 0.6) is 11.5 Å². The van der Waals surface area contributed by atoms with Gasteiger partial charge in [-0.05, 0) is 48.0 Å². The third kappa shape index (κ3) is 3.72. The lowest BCUT2D eigenvalue weighted by Gasteiger charge is -2.31. The van der Waals surface area contributed by atoms with Crippen LogP contribution in [0.15, 0.2) is 47.6 Å². The normalized spacial score (nSPS) is 15.2. The molecular weight excluding hydrogens is 346 g/mol. The minimum atomic E-state index is -0.339.